The Hall–Kier alpha value is -1.28. The van der Waals surface area contributed by atoms with Crippen LogP contribution in [0.3, 0.4) is 0 Å². The van der Waals surface area contributed by atoms with E-state index >= 15 is 0 Å². The van der Waals surface area contributed by atoms with E-state index in [0.717, 1.165) is 5.56 Å². The first-order valence-electron chi connectivity index (χ1n) is 4.77. The van der Waals surface area contributed by atoms with Gasteiger partial charge in [-0.25, -0.2) is 0 Å². The highest BCUT2D eigenvalue weighted by molar-refractivity contribution is 6.30. The highest BCUT2D eigenvalue weighted by Crippen LogP contribution is 2.19. The van der Waals surface area contributed by atoms with E-state index in [1.54, 1.807) is 6.08 Å². The quantitative estimate of drug-likeness (QED) is 0.781. The number of halogens is 1. The summed E-state index contributed by atoms with van der Waals surface area (Å²) in [4.78, 5) is 11.0. The summed E-state index contributed by atoms with van der Waals surface area (Å²) in [6.07, 6.45) is 2.50. The van der Waals surface area contributed by atoms with E-state index in [1.165, 1.54) is 6.92 Å². The molecular weight excluding hydrogens is 210 g/mol. The fraction of sp³-hybridized carbons (Fsp3) is 0.250. The molecule has 0 heterocycles. The Morgan fingerprint density at radius 1 is 1.53 bits per heavy atom. The van der Waals surface area contributed by atoms with Gasteiger partial charge in [0.25, 0.3) is 0 Å². The molecule has 15 heavy (non-hydrogen) atoms. The number of rotatable bonds is 4. The van der Waals surface area contributed by atoms with Crippen LogP contribution in [-0.2, 0) is 4.79 Å². The lowest BCUT2D eigenvalue weighted by Gasteiger charge is -2.16. The van der Waals surface area contributed by atoms with E-state index in [9.17, 15) is 4.79 Å². The van der Waals surface area contributed by atoms with Crippen LogP contribution in [0, 0.1) is 0 Å². The van der Waals surface area contributed by atoms with Crippen LogP contribution >= 0.6 is 11.6 Å². The van der Waals surface area contributed by atoms with Crippen LogP contribution in [0.4, 0.5) is 0 Å². The summed E-state index contributed by atoms with van der Waals surface area (Å²) in [7, 11) is 0. The molecule has 80 valence electrons. The molecule has 3 heteroatoms. The van der Waals surface area contributed by atoms with E-state index in [2.05, 4.69) is 11.9 Å². The molecule has 1 rings (SSSR count). The average molecular weight is 224 g/mol. The molecule has 0 radical (unpaired) electrons. The van der Waals surface area contributed by atoms with Crippen molar-refractivity contribution >= 4 is 17.5 Å². The van der Waals surface area contributed by atoms with Gasteiger partial charge in [0.15, 0.2) is 0 Å². The van der Waals surface area contributed by atoms with Crippen LogP contribution in [0.1, 0.15) is 24.9 Å². The van der Waals surface area contributed by atoms with E-state index in [4.69, 9.17) is 11.6 Å². The van der Waals surface area contributed by atoms with E-state index < -0.39 is 0 Å². The standard InChI is InChI=1S/C12H14ClNO/c1-3-4-12(14-9(2)15)10-5-7-11(13)8-6-10/h3,5-8,12H,1,4H2,2H3,(H,14,15)/t12-/m0/s1. The van der Waals surface area contributed by atoms with E-state index in [-0.39, 0.29) is 11.9 Å². The first-order chi connectivity index (χ1) is 7.13. The van der Waals surface area contributed by atoms with Gasteiger partial charge in [-0.3, -0.25) is 4.79 Å². The molecule has 1 amide bonds. The molecule has 1 atom stereocenters. The third-order valence-electron chi connectivity index (χ3n) is 2.05. The third-order valence-corrected chi connectivity index (χ3v) is 2.30. The maximum Gasteiger partial charge on any atom is 0.217 e. The molecule has 0 spiro atoms. The zero-order valence-corrected chi connectivity index (χ0v) is 9.42. The number of hydrogen-bond acceptors (Lipinski definition) is 1. The topological polar surface area (TPSA) is 29.1 Å². The maximum atomic E-state index is 11.0. The van der Waals surface area contributed by atoms with Crippen molar-refractivity contribution in [3.8, 4) is 0 Å². The van der Waals surface area contributed by atoms with Crippen LogP contribution in [0.2, 0.25) is 5.02 Å². The number of carbonyl (C=O) groups is 1. The summed E-state index contributed by atoms with van der Waals surface area (Å²) in [6, 6.07) is 7.43. The number of nitrogens with one attached hydrogen (secondary N) is 1. The van der Waals surface area contributed by atoms with E-state index in [1.807, 2.05) is 24.3 Å². The van der Waals surface area contributed by atoms with Crippen LogP contribution in [-0.4, -0.2) is 5.91 Å². The Morgan fingerprint density at radius 2 is 2.13 bits per heavy atom. The lowest BCUT2D eigenvalue weighted by Crippen LogP contribution is -2.25. The normalized spacial score (nSPS) is 11.9. The second-order valence-corrected chi connectivity index (χ2v) is 3.77. The molecule has 0 aromatic heterocycles. The number of carbonyl (C=O) groups excluding carboxylic acids is 1. The van der Waals surface area contributed by atoms with Crippen molar-refractivity contribution in [2.45, 2.75) is 19.4 Å². The van der Waals surface area contributed by atoms with Gasteiger partial charge in [-0.05, 0) is 24.1 Å². The molecule has 0 unspecified atom stereocenters. The summed E-state index contributed by atoms with van der Waals surface area (Å²) in [6.45, 7) is 5.18. The van der Waals surface area contributed by atoms with Gasteiger partial charge in [-0.2, -0.15) is 0 Å². The van der Waals surface area contributed by atoms with Gasteiger partial charge in [0.05, 0.1) is 6.04 Å². The minimum Gasteiger partial charge on any atom is -0.349 e. The number of amides is 1. The largest absolute Gasteiger partial charge is 0.349 e. The lowest BCUT2D eigenvalue weighted by atomic mass is 10.0. The van der Waals surface area contributed by atoms with Gasteiger partial charge in [-0.1, -0.05) is 29.8 Å². The number of benzene rings is 1. The van der Waals surface area contributed by atoms with Crippen LogP contribution < -0.4 is 5.32 Å². The molecular formula is C12H14ClNO. The molecule has 0 aliphatic heterocycles. The van der Waals surface area contributed by atoms with Crippen molar-refractivity contribution in [3.63, 3.8) is 0 Å². The maximum absolute atomic E-state index is 11.0. The first kappa shape index (κ1) is 11.8. The summed E-state index contributed by atoms with van der Waals surface area (Å²) < 4.78 is 0. The molecule has 0 aliphatic carbocycles. The Kier molecular flexibility index (Phi) is 4.37. The van der Waals surface area contributed by atoms with Gasteiger partial charge in [-0.15, -0.1) is 6.58 Å². The lowest BCUT2D eigenvalue weighted by molar-refractivity contribution is -0.119. The van der Waals surface area contributed by atoms with Crippen molar-refractivity contribution < 1.29 is 4.79 Å². The molecule has 1 aromatic carbocycles. The van der Waals surface area contributed by atoms with Crippen molar-refractivity contribution in [1.82, 2.24) is 5.32 Å². The summed E-state index contributed by atoms with van der Waals surface area (Å²) in [5, 5.41) is 3.56. The summed E-state index contributed by atoms with van der Waals surface area (Å²) in [5.41, 5.74) is 1.04. The fourth-order valence-electron chi connectivity index (χ4n) is 1.39. The van der Waals surface area contributed by atoms with Crippen LogP contribution in [0.15, 0.2) is 36.9 Å². The minimum atomic E-state index is -0.0446. The van der Waals surface area contributed by atoms with Gasteiger partial charge in [0, 0.05) is 11.9 Å². The molecule has 0 saturated heterocycles. The van der Waals surface area contributed by atoms with Crippen LogP contribution in [0.25, 0.3) is 0 Å². The zero-order valence-electron chi connectivity index (χ0n) is 8.66. The second-order valence-electron chi connectivity index (χ2n) is 3.33. The number of hydrogen-bond donors (Lipinski definition) is 1. The first-order valence-corrected chi connectivity index (χ1v) is 5.14. The summed E-state index contributed by atoms with van der Waals surface area (Å²) in [5.74, 6) is -0.0446. The minimum absolute atomic E-state index is 0.0164. The van der Waals surface area contributed by atoms with Crippen molar-refractivity contribution in [2.24, 2.45) is 0 Å². The van der Waals surface area contributed by atoms with Crippen molar-refractivity contribution in [2.75, 3.05) is 0 Å². The predicted molar refractivity (Wildman–Crippen MR) is 62.8 cm³/mol. The van der Waals surface area contributed by atoms with Crippen molar-refractivity contribution in [3.05, 3.63) is 47.5 Å². The Balaban J connectivity index is 2.83. The zero-order chi connectivity index (χ0) is 11.3. The second kappa shape index (κ2) is 5.56. The highest BCUT2D eigenvalue weighted by atomic mass is 35.5. The van der Waals surface area contributed by atoms with Crippen LogP contribution in [0.5, 0.6) is 0 Å². The summed E-state index contributed by atoms with van der Waals surface area (Å²) >= 11 is 5.79. The Bertz CT molecular complexity index is 345. The molecule has 0 saturated carbocycles. The molecule has 1 N–H and O–H groups in total. The van der Waals surface area contributed by atoms with Gasteiger partial charge in [0.2, 0.25) is 5.91 Å². The van der Waals surface area contributed by atoms with Gasteiger partial charge in [0.1, 0.15) is 0 Å². The molecule has 0 fully saturated rings. The van der Waals surface area contributed by atoms with Crippen molar-refractivity contribution in [1.29, 1.82) is 0 Å². The highest BCUT2D eigenvalue weighted by Gasteiger charge is 2.10. The smallest absolute Gasteiger partial charge is 0.217 e. The SMILES string of the molecule is C=CC[C@H](NC(C)=O)c1ccc(Cl)cc1. The monoisotopic (exact) mass is 223 g/mol. The molecule has 2 nitrogen and oxygen atoms in total. The molecule has 1 aromatic rings. The molecule has 0 bridgehead atoms. The van der Waals surface area contributed by atoms with Gasteiger partial charge >= 0.3 is 0 Å². The third kappa shape index (κ3) is 3.76. The molecule has 0 aliphatic rings. The Morgan fingerprint density at radius 3 is 2.60 bits per heavy atom. The van der Waals surface area contributed by atoms with Gasteiger partial charge < -0.3 is 5.32 Å². The predicted octanol–water partition coefficient (Wildman–Crippen LogP) is 3.09. The fourth-order valence-corrected chi connectivity index (χ4v) is 1.51. The average Bonchev–Trinajstić information content (AvgIpc) is 2.17. The van der Waals surface area contributed by atoms with E-state index in [0.29, 0.717) is 11.4 Å². The Labute approximate surface area is 94.9 Å².